The minimum atomic E-state index is -0.122. The van der Waals surface area contributed by atoms with E-state index in [9.17, 15) is 4.79 Å². The third kappa shape index (κ3) is 1.52. The Labute approximate surface area is 85.9 Å². The van der Waals surface area contributed by atoms with Crippen molar-refractivity contribution in [3.05, 3.63) is 11.8 Å². The normalized spacial score (nSPS) is 15.0. The van der Waals surface area contributed by atoms with Crippen LogP contribution < -0.4 is 5.32 Å². The number of anilines is 1. The fourth-order valence-electron chi connectivity index (χ4n) is 1.24. The molecule has 2 amide bonds. The minimum absolute atomic E-state index is 0.122. The first kappa shape index (κ1) is 9.26. The summed E-state index contributed by atoms with van der Waals surface area (Å²) >= 11 is 1.46. The van der Waals surface area contributed by atoms with Gasteiger partial charge < -0.3 is 4.90 Å². The van der Waals surface area contributed by atoms with E-state index in [2.05, 4.69) is 15.3 Å². The van der Waals surface area contributed by atoms with Gasteiger partial charge in [0, 0.05) is 18.8 Å². The summed E-state index contributed by atoms with van der Waals surface area (Å²) < 4.78 is 0. The van der Waals surface area contributed by atoms with Gasteiger partial charge in [-0.15, -0.1) is 0 Å². The Kier molecular flexibility index (Phi) is 2.28. The Balaban J connectivity index is 2.37. The van der Waals surface area contributed by atoms with Crippen LogP contribution in [-0.4, -0.2) is 34.2 Å². The quantitative estimate of drug-likeness (QED) is 0.558. The van der Waals surface area contributed by atoms with Crippen molar-refractivity contribution in [2.75, 3.05) is 18.6 Å². The lowest BCUT2D eigenvalue weighted by atomic mass is 10.2. The molecule has 2 heterocycles. The van der Waals surface area contributed by atoms with Crippen LogP contribution in [0.5, 0.6) is 0 Å². The zero-order valence-corrected chi connectivity index (χ0v) is 8.76. The number of hydrogen-bond acceptors (Lipinski definition) is 4. The summed E-state index contributed by atoms with van der Waals surface area (Å²) in [6.07, 6.45) is 3.66. The summed E-state index contributed by atoms with van der Waals surface area (Å²) in [6.45, 7) is 0.565. The highest BCUT2D eigenvalue weighted by Gasteiger charge is 2.20. The number of fused-ring (bicyclic) bond motifs is 1. The predicted molar refractivity (Wildman–Crippen MR) is 54.3 cm³/mol. The van der Waals surface area contributed by atoms with Crippen LogP contribution in [0, 0.1) is 0 Å². The Hall–Kier alpha value is -1.30. The van der Waals surface area contributed by atoms with Gasteiger partial charge in [-0.05, 0) is 6.26 Å². The van der Waals surface area contributed by atoms with Crippen LogP contribution >= 0.6 is 11.8 Å². The molecule has 1 aliphatic heterocycles. The summed E-state index contributed by atoms with van der Waals surface area (Å²) in [4.78, 5) is 21.2. The monoisotopic (exact) mass is 210 g/mol. The number of urea groups is 1. The van der Waals surface area contributed by atoms with Crippen molar-refractivity contribution in [3.63, 3.8) is 0 Å². The van der Waals surface area contributed by atoms with Crippen molar-refractivity contribution in [2.45, 2.75) is 11.7 Å². The van der Waals surface area contributed by atoms with E-state index in [0.717, 1.165) is 5.56 Å². The second kappa shape index (κ2) is 3.45. The summed E-state index contributed by atoms with van der Waals surface area (Å²) in [5.74, 6) is 0.632. The molecular formula is C8H10N4OS. The van der Waals surface area contributed by atoms with E-state index < -0.39 is 0 Å². The zero-order valence-electron chi connectivity index (χ0n) is 7.94. The van der Waals surface area contributed by atoms with E-state index in [1.807, 2.05) is 6.26 Å². The van der Waals surface area contributed by atoms with Crippen LogP contribution in [-0.2, 0) is 6.54 Å². The van der Waals surface area contributed by atoms with Gasteiger partial charge in [0.2, 0.25) is 0 Å². The molecule has 74 valence electrons. The first-order chi connectivity index (χ1) is 6.70. The van der Waals surface area contributed by atoms with Crippen LogP contribution in [0.25, 0.3) is 0 Å². The maximum atomic E-state index is 11.3. The average Bonchev–Trinajstić information content (AvgIpc) is 2.19. The lowest BCUT2D eigenvalue weighted by molar-refractivity contribution is 0.218. The molecule has 2 rings (SSSR count). The largest absolute Gasteiger partial charge is 0.323 e. The molecule has 14 heavy (non-hydrogen) atoms. The smallest absolute Gasteiger partial charge is 0.323 e. The molecule has 0 aromatic carbocycles. The average molecular weight is 210 g/mol. The number of carbonyl (C=O) groups is 1. The molecule has 0 fully saturated rings. The predicted octanol–water partition coefficient (Wildman–Crippen LogP) is 1.18. The van der Waals surface area contributed by atoms with Gasteiger partial charge >= 0.3 is 6.03 Å². The summed E-state index contributed by atoms with van der Waals surface area (Å²) in [6, 6.07) is -0.122. The number of carbonyl (C=O) groups excluding carboxylic acids is 1. The Morgan fingerprint density at radius 2 is 2.43 bits per heavy atom. The summed E-state index contributed by atoms with van der Waals surface area (Å²) in [7, 11) is 1.74. The van der Waals surface area contributed by atoms with Crippen LogP contribution in [0.1, 0.15) is 5.56 Å². The van der Waals surface area contributed by atoms with Crippen molar-refractivity contribution in [3.8, 4) is 0 Å². The molecule has 0 atom stereocenters. The van der Waals surface area contributed by atoms with Crippen molar-refractivity contribution < 1.29 is 4.79 Å². The first-order valence-electron chi connectivity index (χ1n) is 4.12. The first-order valence-corrected chi connectivity index (χ1v) is 5.35. The molecule has 5 nitrogen and oxygen atoms in total. The van der Waals surface area contributed by atoms with Gasteiger partial charge in [0.05, 0.1) is 6.54 Å². The maximum absolute atomic E-state index is 11.3. The van der Waals surface area contributed by atoms with E-state index in [4.69, 9.17) is 0 Å². The van der Waals surface area contributed by atoms with Crippen LogP contribution in [0.3, 0.4) is 0 Å². The highest BCUT2D eigenvalue weighted by atomic mass is 32.2. The second-order valence-electron chi connectivity index (χ2n) is 3.02. The number of nitrogens with one attached hydrogen (secondary N) is 1. The number of nitrogens with zero attached hydrogens (tertiary/aromatic N) is 3. The number of hydrogen-bond donors (Lipinski definition) is 1. The molecule has 0 radical (unpaired) electrons. The summed E-state index contributed by atoms with van der Waals surface area (Å²) in [5.41, 5.74) is 0.949. The highest BCUT2D eigenvalue weighted by Crippen LogP contribution is 2.21. The van der Waals surface area contributed by atoms with Crippen LogP contribution in [0.2, 0.25) is 0 Å². The van der Waals surface area contributed by atoms with Crippen LogP contribution in [0.15, 0.2) is 11.4 Å². The van der Waals surface area contributed by atoms with Crippen molar-refractivity contribution in [1.29, 1.82) is 0 Å². The standard InChI is InChI=1S/C8H10N4OS/c1-12-4-5-3-9-7(14-2)10-6(5)11-8(12)13/h3H,4H2,1-2H3,(H,9,10,11,13). The van der Waals surface area contributed by atoms with Crippen molar-refractivity contribution in [2.24, 2.45) is 0 Å². The second-order valence-corrected chi connectivity index (χ2v) is 3.79. The maximum Gasteiger partial charge on any atom is 0.323 e. The molecule has 0 spiro atoms. The Morgan fingerprint density at radius 3 is 3.14 bits per heavy atom. The minimum Gasteiger partial charge on any atom is -0.323 e. The number of thioether (sulfide) groups is 1. The molecule has 1 aromatic heterocycles. The molecule has 6 heteroatoms. The number of amides is 2. The Bertz CT molecular complexity index is 382. The molecule has 0 saturated heterocycles. The number of aromatic nitrogens is 2. The van der Waals surface area contributed by atoms with Gasteiger partial charge in [0.25, 0.3) is 0 Å². The van der Waals surface area contributed by atoms with E-state index in [1.54, 1.807) is 18.1 Å². The SMILES string of the molecule is CSc1ncc2c(n1)NC(=O)N(C)C2. The molecule has 1 N–H and O–H groups in total. The third-order valence-electron chi connectivity index (χ3n) is 2.00. The van der Waals surface area contributed by atoms with Gasteiger partial charge in [0.1, 0.15) is 5.82 Å². The van der Waals surface area contributed by atoms with Gasteiger partial charge in [-0.3, -0.25) is 5.32 Å². The number of rotatable bonds is 1. The molecular weight excluding hydrogens is 200 g/mol. The fourth-order valence-corrected chi connectivity index (χ4v) is 1.58. The summed E-state index contributed by atoms with van der Waals surface area (Å²) in [5, 5.41) is 3.38. The molecule has 0 bridgehead atoms. The topological polar surface area (TPSA) is 58.1 Å². The zero-order chi connectivity index (χ0) is 10.1. The van der Waals surface area contributed by atoms with Gasteiger partial charge in [-0.25, -0.2) is 14.8 Å². The van der Waals surface area contributed by atoms with E-state index in [-0.39, 0.29) is 6.03 Å². The lowest BCUT2D eigenvalue weighted by Gasteiger charge is -2.24. The lowest BCUT2D eigenvalue weighted by Crippen LogP contribution is -2.36. The highest BCUT2D eigenvalue weighted by molar-refractivity contribution is 7.98. The van der Waals surface area contributed by atoms with Gasteiger partial charge in [-0.2, -0.15) is 0 Å². The van der Waals surface area contributed by atoms with E-state index in [1.165, 1.54) is 11.8 Å². The molecule has 0 unspecified atom stereocenters. The van der Waals surface area contributed by atoms with Gasteiger partial charge in [0.15, 0.2) is 5.16 Å². The molecule has 1 aliphatic rings. The Morgan fingerprint density at radius 1 is 1.64 bits per heavy atom. The van der Waals surface area contributed by atoms with E-state index in [0.29, 0.717) is 17.5 Å². The van der Waals surface area contributed by atoms with Crippen molar-refractivity contribution in [1.82, 2.24) is 14.9 Å². The molecule has 1 aromatic rings. The molecule has 0 saturated carbocycles. The molecule has 0 aliphatic carbocycles. The fraction of sp³-hybridized carbons (Fsp3) is 0.375. The van der Waals surface area contributed by atoms with Gasteiger partial charge in [-0.1, -0.05) is 11.8 Å². The van der Waals surface area contributed by atoms with Crippen molar-refractivity contribution >= 4 is 23.6 Å². The van der Waals surface area contributed by atoms with Crippen LogP contribution in [0.4, 0.5) is 10.6 Å². The third-order valence-corrected chi connectivity index (χ3v) is 2.57. The van der Waals surface area contributed by atoms with E-state index >= 15 is 0 Å².